The van der Waals surface area contributed by atoms with Gasteiger partial charge in [0.1, 0.15) is 5.60 Å². The summed E-state index contributed by atoms with van der Waals surface area (Å²) in [5.74, 6) is 1.32. The molecule has 7 heteroatoms. The van der Waals surface area contributed by atoms with Gasteiger partial charge in [-0.1, -0.05) is 6.07 Å². The Morgan fingerprint density at radius 1 is 1.25 bits per heavy atom. The van der Waals surface area contributed by atoms with Crippen molar-refractivity contribution >= 4 is 12.0 Å². The number of methoxy groups -OCH3 is 2. The molecular formula is C17H22N2O5. The second-order valence-corrected chi connectivity index (χ2v) is 6.17. The number of carbonyl (C=O) groups excluding carboxylic acids is 2. The van der Waals surface area contributed by atoms with Gasteiger partial charge in [-0.15, -0.1) is 0 Å². The van der Waals surface area contributed by atoms with Gasteiger partial charge >= 0.3 is 6.09 Å². The Kier molecular flexibility index (Phi) is 4.51. The SMILES string of the molecule is COc1ccc(CC(=O)N2CCC3(CC2)CNC(=O)O3)cc1OC. The molecule has 2 saturated heterocycles. The Labute approximate surface area is 140 Å². The molecule has 1 aromatic carbocycles. The van der Waals surface area contributed by atoms with E-state index in [0.29, 0.717) is 50.4 Å². The number of hydrogen-bond donors (Lipinski definition) is 1. The molecule has 2 heterocycles. The van der Waals surface area contributed by atoms with Crippen LogP contribution in [0.15, 0.2) is 18.2 Å². The number of rotatable bonds is 4. The fourth-order valence-electron chi connectivity index (χ4n) is 3.22. The van der Waals surface area contributed by atoms with Crippen molar-refractivity contribution < 1.29 is 23.8 Å². The molecule has 130 valence electrons. The third kappa shape index (κ3) is 3.25. The molecule has 0 saturated carbocycles. The van der Waals surface area contributed by atoms with E-state index in [1.807, 2.05) is 17.0 Å². The van der Waals surface area contributed by atoms with Gasteiger partial charge in [-0.3, -0.25) is 4.79 Å². The Hall–Kier alpha value is -2.44. The molecule has 24 heavy (non-hydrogen) atoms. The number of ether oxygens (including phenoxy) is 3. The summed E-state index contributed by atoms with van der Waals surface area (Å²) in [5, 5.41) is 2.70. The molecule has 1 N–H and O–H groups in total. The summed E-state index contributed by atoms with van der Waals surface area (Å²) < 4.78 is 15.9. The number of nitrogens with zero attached hydrogens (tertiary/aromatic N) is 1. The van der Waals surface area contributed by atoms with Gasteiger partial charge in [0.05, 0.1) is 27.2 Å². The Morgan fingerprint density at radius 3 is 2.54 bits per heavy atom. The zero-order valence-electron chi connectivity index (χ0n) is 14.0. The van der Waals surface area contributed by atoms with E-state index < -0.39 is 5.60 Å². The van der Waals surface area contributed by atoms with E-state index in [1.165, 1.54) is 0 Å². The van der Waals surface area contributed by atoms with E-state index in [9.17, 15) is 9.59 Å². The molecule has 0 unspecified atom stereocenters. The number of benzene rings is 1. The highest BCUT2D eigenvalue weighted by Gasteiger charge is 2.43. The van der Waals surface area contributed by atoms with Crippen molar-refractivity contribution in [2.45, 2.75) is 24.9 Å². The molecule has 0 radical (unpaired) electrons. The van der Waals surface area contributed by atoms with Crippen LogP contribution in [0.25, 0.3) is 0 Å². The van der Waals surface area contributed by atoms with Gasteiger partial charge in [0.2, 0.25) is 5.91 Å². The highest BCUT2D eigenvalue weighted by Crippen LogP contribution is 2.30. The number of alkyl carbamates (subject to hydrolysis) is 1. The number of carbonyl (C=O) groups is 2. The largest absolute Gasteiger partial charge is 0.493 e. The maximum Gasteiger partial charge on any atom is 0.407 e. The third-order valence-electron chi connectivity index (χ3n) is 4.69. The average molecular weight is 334 g/mol. The van der Waals surface area contributed by atoms with Crippen LogP contribution in [0, 0.1) is 0 Å². The van der Waals surface area contributed by atoms with Gasteiger partial charge in [-0.25, -0.2) is 4.79 Å². The summed E-state index contributed by atoms with van der Waals surface area (Å²) in [4.78, 5) is 25.6. The van der Waals surface area contributed by atoms with Crippen LogP contribution < -0.4 is 14.8 Å². The van der Waals surface area contributed by atoms with Crippen molar-refractivity contribution in [3.63, 3.8) is 0 Å². The van der Waals surface area contributed by atoms with Crippen LogP contribution in [0.3, 0.4) is 0 Å². The first kappa shape index (κ1) is 16.4. The van der Waals surface area contributed by atoms with Crippen LogP contribution in [0.1, 0.15) is 18.4 Å². The first-order valence-electron chi connectivity index (χ1n) is 8.01. The van der Waals surface area contributed by atoms with Crippen LogP contribution in [0.4, 0.5) is 4.79 Å². The second kappa shape index (κ2) is 6.59. The lowest BCUT2D eigenvalue weighted by molar-refractivity contribution is -0.133. The van der Waals surface area contributed by atoms with Gasteiger partial charge in [0, 0.05) is 25.9 Å². The lowest BCUT2D eigenvalue weighted by atomic mass is 9.91. The summed E-state index contributed by atoms with van der Waals surface area (Å²) in [6.45, 7) is 1.73. The van der Waals surface area contributed by atoms with E-state index in [0.717, 1.165) is 5.56 Å². The van der Waals surface area contributed by atoms with E-state index in [1.54, 1.807) is 20.3 Å². The highest BCUT2D eigenvalue weighted by molar-refractivity contribution is 5.79. The molecule has 3 rings (SSSR count). The van der Waals surface area contributed by atoms with Crippen LogP contribution in [-0.4, -0.2) is 56.4 Å². The van der Waals surface area contributed by atoms with Crippen molar-refractivity contribution in [1.29, 1.82) is 0 Å². The minimum Gasteiger partial charge on any atom is -0.493 e. The van der Waals surface area contributed by atoms with Crippen molar-refractivity contribution in [3.05, 3.63) is 23.8 Å². The minimum atomic E-state index is -0.433. The molecular weight excluding hydrogens is 312 g/mol. The maximum absolute atomic E-state index is 12.5. The van der Waals surface area contributed by atoms with E-state index in [2.05, 4.69) is 5.32 Å². The van der Waals surface area contributed by atoms with Crippen molar-refractivity contribution in [1.82, 2.24) is 10.2 Å². The minimum absolute atomic E-state index is 0.0642. The molecule has 0 bridgehead atoms. The van der Waals surface area contributed by atoms with Crippen molar-refractivity contribution in [3.8, 4) is 11.5 Å². The van der Waals surface area contributed by atoms with Gasteiger partial charge in [-0.05, 0) is 17.7 Å². The molecule has 2 fully saturated rings. The maximum atomic E-state index is 12.5. The fourth-order valence-corrected chi connectivity index (χ4v) is 3.22. The summed E-state index contributed by atoms with van der Waals surface area (Å²) in [6.07, 6.45) is 1.29. The van der Waals surface area contributed by atoms with Gasteiger partial charge in [0.15, 0.2) is 11.5 Å². The van der Waals surface area contributed by atoms with Crippen molar-refractivity contribution in [2.24, 2.45) is 0 Å². The Balaban J connectivity index is 1.59. The Morgan fingerprint density at radius 2 is 1.96 bits per heavy atom. The predicted octanol–water partition coefficient (Wildman–Crippen LogP) is 1.35. The standard InChI is InChI=1S/C17H22N2O5/c1-22-13-4-3-12(9-14(13)23-2)10-15(20)19-7-5-17(6-8-19)11-18-16(21)24-17/h3-4,9H,5-8,10-11H2,1-2H3,(H,18,21). The molecule has 1 aromatic rings. The molecule has 2 aliphatic rings. The molecule has 2 amide bonds. The molecule has 7 nitrogen and oxygen atoms in total. The number of piperidine rings is 1. The van der Waals surface area contributed by atoms with Gasteiger partial charge in [0.25, 0.3) is 0 Å². The number of amides is 2. The van der Waals surface area contributed by atoms with E-state index >= 15 is 0 Å². The normalized spacial score (nSPS) is 18.9. The number of likely N-dealkylation sites (tertiary alicyclic amines) is 1. The lowest BCUT2D eigenvalue weighted by Crippen LogP contribution is -2.48. The number of hydrogen-bond acceptors (Lipinski definition) is 5. The van der Waals surface area contributed by atoms with Crippen LogP contribution in [0.2, 0.25) is 0 Å². The smallest absolute Gasteiger partial charge is 0.407 e. The van der Waals surface area contributed by atoms with Crippen LogP contribution in [-0.2, 0) is 16.0 Å². The van der Waals surface area contributed by atoms with E-state index in [4.69, 9.17) is 14.2 Å². The molecule has 1 spiro atoms. The average Bonchev–Trinajstić information content (AvgIpc) is 2.95. The highest BCUT2D eigenvalue weighted by atomic mass is 16.6. The quantitative estimate of drug-likeness (QED) is 0.899. The third-order valence-corrected chi connectivity index (χ3v) is 4.69. The summed E-state index contributed by atoms with van der Waals surface area (Å²) in [7, 11) is 3.15. The Bertz CT molecular complexity index is 638. The first-order valence-corrected chi connectivity index (χ1v) is 8.01. The second-order valence-electron chi connectivity index (χ2n) is 6.17. The molecule has 0 atom stereocenters. The van der Waals surface area contributed by atoms with Gasteiger partial charge < -0.3 is 24.4 Å². The summed E-state index contributed by atoms with van der Waals surface area (Å²) in [5.41, 5.74) is 0.448. The van der Waals surface area contributed by atoms with E-state index in [-0.39, 0.29) is 12.0 Å². The summed E-state index contributed by atoms with van der Waals surface area (Å²) in [6, 6.07) is 5.49. The molecule has 2 aliphatic heterocycles. The zero-order chi connectivity index (χ0) is 17.2. The summed E-state index contributed by atoms with van der Waals surface area (Å²) >= 11 is 0. The fraction of sp³-hybridized carbons (Fsp3) is 0.529. The predicted molar refractivity (Wildman–Crippen MR) is 86.3 cm³/mol. The van der Waals surface area contributed by atoms with Gasteiger partial charge in [-0.2, -0.15) is 0 Å². The van der Waals surface area contributed by atoms with Crippen molar-refractivity contribution in [2.75, 3.05) is 33.9 Å². The van der Waals surface area contributed by atoms with Crippen LogP contribution >= 0.6 is 0 Å². The number of nitrogens with one attached hydrogen (secondary N) is 1. The first-order chi connectivity index (χ1) is 11.5. The lowest BCUT2D eigenvalue weighted by Gasteiger charge is -2.37. The monoisotopic (exact) mass is 334 g/mol. The zero-order valence-corrected chi connectivity index (χ0v) is 14.0. The molecule has 0 aromatic heterocycles. The molecule has 0 aliphatic carbocycles. The van der Waals surface area contributed by atoms with Crippen LogP contribution in [0.5, 0.6) is 11.5 Å². The topological polar surface area (TPSA) is 77.1 Å².